The van der Waals surface area contributed by atoms with E-state index in [9.17, 15) is 14.7 Å². The summed E-state index contributed by atoms with van der Waals surface area (Å²) in [6.07, 6.45) is 0.727. The fourth-order valence-electron chi connectivity index (χ4n) is 4.96. The van der Waals surface area contributed by atoms with Gasteiger partial charge in [0.1, 0.15) is 6.61 Å². The Morgan fingerprint density at radius 3 is 3.00 bits per heavy atom. The molecule has 7 heteroatoms. The number of fused-ring (bicyclic) bond motifs is 5. The quantitative estimate of drug-likeness (QED) is 0.585. The highest BCUT2D eigenvalue weighted by atomic mass is 16.6. The van der Waals surface area contributed by atoms with E-state index in [-0.39, 0.29) is 25.0 Å². The maximum Gasteiger partial charge on any atom is 0.338 e. The van der Waals surface area contributed by atoms with Gasteiger partial charge in [-0.05, 0) is 36.6 Å². The molecule has 1 aromatic heterocycles. The Balaban J connectivity index is 1.61. The highest BCUT2D eigenvalue weighted by Crippen LogP contribution is 2.50. The van der Waals surface area contributed by atoms with Crippen molar-refractivity contribution in [2.45, 2.75) is 38.0 Å². The van der Waals surface area contributed by atoms with Crippen molar-refractivity contribution in [3.05, 3.63) is 35.5 Å². The van der Waals surface area contributed by atoms with Gasteiger partial charge >= 0.3 is 5.97 Å². The van der Waals surface area contributed by atoms with Crippen LogP contribution in [-0.4, -0.2) is 39.1 Å². The van der Waals surface area contributed by atoms with Gasteiger partial charge in [0, 0.05) is 23.5 Å². The Kier molecular flexibility index (Phi) is 3.31. The third-order valence-electron chi connectivity index (χ3n) is 6.50. The fourth-order valence-corrected chi connectivity index (χ4v) is 4.96. The number of carbonyl (C=O) groups is 2. The molecule has 0 saturated carbocycles. The highest BCUT2D eigenvalue weighted by molar-refractivity contribution is 5.92. The molecule has 2 aromatic rings. The second-order valence-corrected chi connectivity index (χ2v) is 7.75. The van der Waals surface area contributed by atoms with Gasteiger partial charge in [-0.2, -0.15) is 0 Å². The first kappa shape index (κ1) is 16.5. The second kappa shape index (κ2) is 5.42. The molecule has 140 valence electrons. The number of piperidine rings is 1. The number of cyclic esters (lactones) is 1. The number of ether oxygens (including phenoxy) is 1. The second-order valence-electron chi connectivity index (χ2n) is 7.75. The molecule has 3 N–H and O–H groups in total. The van der Waals surface area contributed by atoms with Crippen LogP contribution in [-0.2, 0) is 20.9 Å². The molecule has 0 aliphatic carbocycles. The summed E-state index contributed by atoms with van der Waals surface area (Å²) in [5.74, 6) is -1.66. The van der Waals surface area contributed by atoms with Crippen LogP contribution in [0.25, 0.3) is 10.9 Å². The summed E-state index contributed by atoms with van der Waals surface area (Å²) in [6, 6.07) is 7.38. The van der Waals surface area contributed by atoms with E-state index in [0.717, 1.165) is 22.2 Å². The number of nitrogens with zero attached hydrogens (tertiary/aromatic N) is 2. The van der Waals surface area contributed by atoms with Crippen LogP contribution in [0.2, 0.25) is 0 Å². The molecule has 3 unspecified atom stereocenters. The Bertz CT molecular complexity index is 991. The Hall–Kier alpha value is -2.67. The SMILES string of the molecule is CC[C@@]1(O)C(=O)OCC2C(=O)N3Cc4cc5c(N)cccc5nc4C3CC21. The van der Waals surface area contributed by atoms with Crippen LogP contribution in [0.4, 0.5) is 5.69 Å². The van der Waals surface area contributed by atoms with Gasteiger partial charge in [-0.1, -0.05) is 13.0 Å². The Labute approximate surface area is 156 Å². The first-order chi connectivity index (χ1) is 12.9. The minimum Gasteiger partial charge on any atom is -0.463 e. The van der Waals surface area contributed by atoms with Crippen LogP contribution in [0.15, 0.2) is 24.3 Å². The van der Waals surface area contributed by atoms with Crippen molar-refractivity contribution in [3.8, 4) is 0 Å². The van der Waals surface area contributed by atoms with Crippen molar-refractivity contribution in [3.63, 3.8) is 0 Å². The number of nitrogen functional groups attached to an aromatic ring is 1. The number of aliphatic hydroxyl groups is 1. The Morgan fingerprint density at radius 2 is 2.22 bits per heavy atom. The van der Waals surface area contributed by atoms with Gasteiger partial charge in [-0.15, -0.1) is 0 Å². The predicted molar refractivity (Wildman–Crippen MR) is 97.2 cm³/mol. The van der Waals surface area contributed by atoms with E-state index in [1.165, 1.54) is 0 Å². The molecule has 2 fully saturated rings. The molecular weight excluding hydrogens is 346 g/mol. The van der Waals surface area contributed by atoms with Gasteiger partial charge < -0.3 is 20.5 Å². The number of aromatic nitrogens is 1. The monoisotopic (exact) mass is 367 g/mol. The number of nitrogens with two attached hydrogens (primary N) is 1. The van der Waals surface area contributed by atoms with E-state index >= 15 is 0 Å². The standard InChI is InChI=1S/C20H21N3O4/c1-2-20(26)13-7-16-17-10(6-11-14(21)4-3-5-15(11)22-17)8-23(16)18(24)12(13)9-27-19(20)25/h3-6,12-13,16,26H,2,7-9,21H2,1H3/t12?,13?,16?,20-/m0/s1. The topological polar surface area (TPSA) is 106 Å². The lowest BCUT2D eigenvalue weighted by molar-refractivity contribution is -0.202. The van der Waals surface area contributed by atoms with Crippen LogP contribution in [0.3, 0.4) is 0 Å². The summed E-state index contributed by atoms with van der Waals surface area (Å²) in [6.45, 7) is 2.25. The lowest BCUT2D eigenvalue weighted by Gasteiger charge is -2.48. The molecule has 7 nitrogen and oxygen atoms in total. The zero-order valence-electron chi connectivity index (χ0n) is 15.0. The van der Waals surface area contributed by atoms with Crippen LogP contribution >= 0.6 is 0 Å². The van der Waals surface area contributed by atoms with Crippen molar-refractivity contribution in [1.29, 1.82) is 0 Å². The number of amides is 1. The summed E-state index contributed by atoms with van der Waals surface area (Å²) < 4.78 is 5.16. The van der Waals surface area contributed by atoms with Crippen molar-refractivity contribution in [1.82, 2.24) is 9.88 Å². The van der Waals surface area contributed by atoms with Crippen molar-refractivity contribution in [2.24, 2.45) is 11.8 Å². The maximum absolute atomic E-state index is 13.2. The fraction of sp³-hybridized carbons (Fsp3) is 0.450. The summed E-state index contributed by atoms with van der Waals surface area (Å²) in [4.78, 5) is 32.0. The molecule has 0 bridgehead atoms. The normalized spacial score (nSPS) is 32.1. The van der Waals surface area contributed by atoms with Gasteiger partial charge in [0.05, 0.1) is 23.2 Å². The van der Waals surface area contributed by atoms with Crippen molar-refractivity contribution < 1.29 is 19.4 Å². The number of pyridine rings is 1. The van der Waals surface area contributed by atoms with Crippen LogP contribution in [0, 0.1) is 11.8 Å². The molecule has 4 heterocycles. The first-order valence-electron chi connectivity index (χ1n) is 9.32. The third-order valence-corrected chi connectivity index (χ3v) is 6.50. The van der Waals surface area contributed by atoms with Crippen molar-refractivity contribution in [2.75, 3.05) is 12.3 Å². The third kappa shape index (κ3) is 2.09. The first-order valence-corrected chi connectivity index (χ1v) is 9.32. The average molecular weight is 367 g/mol. The summed E-state index contributed by atoms with van der Waals surface area (Å²) in [5, 5.41) is 11.8. The summed E-state index contributed by atoms with van der Waals surface area (Å²) in [7, 11) is 0. The number of hydrogen-bond donors (Lipinski definition) is 2. The lowest BCUT2D eigenvalue weighted by Crippen LogP contribution is -2.61. The molecule has 1 amide bonds. The zero-order chi connectivity index (χ0) is 18.9. The number of anilines is 1. The molecule has 3 aliphatic heterocycles. The molecule has 0 radical (unpaired) electrons. The van der Waals surface area contributed by atoms with E-state index in [1.54, 1.807) is 6.92 Å². The molecule has 5 rings (SSSR count). The van der Waals surface area contributed by atoms with Gasteiger partial charge in [0.2, 0.25) is 5.91 Å². The Morgan fingerprint density at radius 1 is 1.41 bits per heavy atom. The van der Waals surface area contributed by atoms with E-state index < -0.39 is 23.4 Å². The smallest absolute Gasteiger partial charge is 0.338 e. The summed E-state index contributed by atoms with van der Waals surface area (Å²) in [5.41, 5.74) is 7.74. The molecule has 2 saturated heterocycles. The molecule has 27 heavy (non-hydrogen) atoms. The van der Waals surface area contributed by atoms with Crippen LogP contribution in [0.5, 0.6) is 0 Å². The number of carbonyl (C=O) groups excluding carboxylic acids is 2. The molecule has 0 spiro atoms. The maximum atomic E-state index is 13.2. The van der Waals surface area contributed by atoms with Gasteiger partial charge in [0.25, 0.3) is 0 Å². The molecule has 1 aromatic carbocycles. The van der Waals surface area contributed by atoms with E-state index in [2.05, 4.69) is 0 Å². The number of benzene rings is 1. The summed E-state index contributed by atoms with van der Waals surface area (Å²) >= 11 is 0. The number of hydrogen-bond acceptors (Lipinski definition) is 6. The van der Waals surface area contributed by atoms with Gasteiger partial charge in [0.15, 0.2) is 5.60 Å². The minimum atomic E-state index is -1.62. The highest BCUT2D eigenvalue weighted by Gasteiger charge is 2.59. The zero-order valence-corrected chi connectivity index (χ0v) is 15.0. The van der Waals surface area contributed by atoms with Crippen LogP contribution in [0.1, 0.15) is 37.1 Å². The van der Waals surface area contributed by atoms with E-state index in [1.807, 2.05) is 29.2 Å². The number of rotatable bonds is 1. The largest absolute Gasteiger partial charge is 0.463 e. The molecule has 3 aliphatic rings. The molecule has 4 atom stereocenters. The average Bonchev–Trinajstić information content (AvgIpc) is 3.02. The van der Waals surface area contributed by atoms with Gasteiger partial charge in [-0.3, -0.25) is 9.78 Å². The predicted octanol–water partition coefficient (Wildman–Crippen LogP) is 1.53. The van der Waals surface area contributed by atoms with E-state index in [4.69, 9.17) is 15.5 Å². The van der Waals surface area contributed by atoms with Crippen molar-refractivity contribution >= 4 is 28.5 Å². The van der Waals surface area contributed by atoms with Gasteiger partial charge in [-0.25, -0.2) is 4.79 Å². The molecular formula is C20H21N3O4. The minimum absolute atomic E-state index is 0.0343. The van der Waals surface area contributed by atoms with E-state index in [0.29, 0.717) is 18.7 Å². The number of esters is 1. The van der Waals surface area contributed by atoms with Crippen LogP contribution < -0.4 is 5.73 Å². The lowest BCUT2D eigenvalue weighted by atomic mass is 9.69.